The Morgan fingerprint density at radius 3 is 2.45 bits per heavy atom. The molecular weight excluding hydrogens is 278 g/mol. The highest BCUT2D eigenvalue weighted by Gasteiger charge is 2.48. The van der Waals surface area contributed by atoms with Crippen LogP contribution < -0.4 is 11.1 Å². The number of aliphatic imine (C=N–C) groups is 1. The molecule has 22 heavy (non-hydrogen) atoms. The van der Waals surface area contributed by atoms with E-state index in [2.05, 4.69) is 10.3 Å². The predicted molar refractivity (Wildman–Crippen MR) is 86.5 cm³/mol. The Kier molecular flexibility index (Phi) is 4.89. The minimum Gasteiger partial charge on any atom is -0.458 e. The monoisotopic (exact) mass is 307 g/mol. The van der Waals surface area contributed by atoms with Crippen molar-refractivity contribution in [3.63, 3.8) is 0 Å². The predicted octanol–water partition coefficient (Wildman–Crippen LogP) is 2.35. The molecule has 0 saturated heterocycles. The first-order valence-electron chi connectivity index (χ1n) is 8.95. The molecule has 1 heterocycles. The van der Waals surface area contributed by atoms with E-state index in [-0.39, 0.29) is 17.5 Å². The zero-order valence-corrected chi connectivity index (χ0v) is 13.5. The lowest BCUT2D eigenvalue weighted by molar-refractivity contribution is -0.169. The van der Waals surface area contributed by atoms with Gasteiger partial charge in [0.15, 0.2) is 5.96 Å². The van der Waals surface area contributed by atoms with E-state index in [1.807, 2.05) is 0 Å². The second kappa shape index (κ2) is 6.88. The van der Waals surface area contributed by atoms with Gasteiger partial charge in [0.25, 0.3) is 0 Å². The van der Waals surface area contributed by atoms with Crippen LogP contribution >= 0.6 is 0 Å². The quantitative estimate of drug-likeness (QED) is 0.785. The maximum Gasteiger partial charge on any atom is 0.312 e. The standard InChI is InChI=1S/C17H29N3O2/c18-16-19-11-14(12-20-16)22-15(21)17(9-5-2-6-10-17)13-7-3-1-4-8-13/h13-14H,1-12H2,(H3,18,19,20). The topological polar surface area (TPSA) is 76.7 Å². The molecule has 0 amide bonds. The van der Waals surface area contributed by atoms with Gasteiger partial charge in [-0.15, -0.1) is 0 Å². The second-order valence-electron chi connectivity index (χ2n) is 7.19. The third kappa shape index (κ3) is 3.23. The summed E-state index contributed by atoms with van der Waals surface area (Å²) in [6.07, 6.45) is 11.7. The summed E-state index contributed by atoms with van der Waals surface area (Å²) in [5.41, 5.74) is 5.39. The van der Waals surface area contributed by atoms with Crippen LogP contribution in [0.1, 0.15) is 64.2 Å². The zero-order chi connectivity index (χ0) is 15.4. The number of esters is 1. The normalized spacial score (nSPS) is 29.3. The van der Waals surface area contributed by atoms with Gasteiger partial charge in [-0.3, -0.25) is 4.79 Å². The number of carbonyl (C=O) groups excluding carboxylic acids is 1. The minimum atomic E-state index is -0.217. The lowest BCUT2D eigenvalue weighted by Crippen LogP contribution is -2.49. The zero-order valence-electron chi connectivity index (χ0n) is 13.5. The van der Waals surface area contributed by atoms with Crippen molar-refractivity contribution < 1.29 is 9.53 Å². The molecule has 124 valence electrons. The SMILES string of the molecule is NC1=NCC(OC(=O)C2(C3CCCCC3)CCCCC2)CN1. The molecule has 0 aromatic carbocycles. The van der Waals surface area contributed by atoms with Gasteiger partial charge in [-0.25, -0.2) is 4.99 Å². The molecule has 2 saturated carbocycles. The van der Waals surface area contributed by atoms with Crippen molar-refractivity contribution >= 4 is 11.9 Å². The Morgan fingerprint density at radius 1 is 1.14 bits per heavy atom. The molecule has 3 N–H and O–H groups in total. The summed E-state index contributed by atoms with van der Waals surface area (Å²) in [5, 5.41) is 2.98. The number of nitrogens with two attached hydrogens (primary N) is 1. The largest absolute Gasteiger partial charge is 0.458 e. The fourth-order valence-electron chi connectivity index (χ4n) is 4.50. The van der Waals surface area contributed by atoms with Crippen molar-refractivity contribution in [2.75, 3.05) is 13.1 Å². The molecule has 0 bridgehead atoms. The third-order valence-electron chi connectivity index (χ3n) is 5.79. The molecule has 3 aliphatic rings. The van der Waals surface area contributed by atoms with Gasteiger partial charge in [-0.2, -0.15) is 0 Å². The molecule has 0 radical (unpaired) electrons. The van der Waals surface area contributed by atoms with Crippen LogP contribution in [-0.4, -0.2) is 31.1 Å². The molecule has 0 aromatic rings. The second-order valence-corrected chi connectivity index (χ2v) is 7.19. The number of rotatable bonds is 3. The first kappa shape index (κ1) is 15.6. The van der Waals surface area contributed by atoms with Crippen molar-refractivity contribution in [1.82, 2.24) is 5.32 Å². The fourth-order valence-corrected chi connectivity index (χ4v) is 4.50. The van der Waals surface area contributed by atoms with Crippen LogP contribution in [0.2, 0.25) is 0 Å². The van der Waals surface area contributed by atoms with E-state index in [4.69, 9.17) is 10.5 Å². The maximum absolute atomic E-state index is 13.0. The van der Waals surface area contributed by atoms with Gasteiger partial charge in [0.05, 0.1) is 18.5 Å². The van der Waals surface area contributed by atoms with Crippen molar-refractivity contribution in [2.45, 2.75) is 70.3 Å². The fraction of sp³-hybridized carbons (Fsp3) is 0.882. The summed E-state index contributed by atoms with van der Waals surface area (Å²) in [5.74, 6) is 1.02. The molecule has 0 aromatic heterocycles. The number of hydrogen-bond donors (Lipinski definition) is 2. The van der Waals surface area contributed by atoms with Crippen molar-refractivity contribution in [2.24, 2.45) is 22.1 Å². The molecule has 2 aliphatic carbocycles. The average Bonchev–Trinajstić information content (AvgIpc) is 2.58. The summed E-state index contributed by atoms with van der Waals surface area (Å²) in [7, 11) is 0. The van der Waals surface area contributed by atoms with Crippen LogP contribution in [0.3, 0.4) is 0 Å². The summed E-state index contributed by atoms with van der Waals surface area (Å²) in [6, 6.07) is 0. The maximum atomic E-state index is 13.0. The first-order valence-corrected chi connectivity index (χ1v) is 8.95. The molecule has 3 rings (SSSR count). The Hall–Kier alpha value is -1.26. The highest BCUT2D eigenvalue weighted by atomic mass is 16.5. The molecule has 1 atom stereocenters. The number of guanidine groups is 1. The molecular formula is C17H29N3O2. The molecule has 0 spiro atoms. The van der Waals surface area contributed by atoms with E-state index in [0.717, 1.165) is 12.8 Å². The third-order valence-corrected chi connectivity index (χ3v) is 5.79. The number of hydrogen-bond acceptors (Lipinski definition) is 5. The highest BCUT2D eigenvalue weighted by Crippen LogP contribution is 2.49. The van der Waals surface area contributed by atoms with E-state index in [1.54, 1.807) is 0 Å². The number of ether oxygens (including phenoxy) is 1. The van der Waals surface area contributed by atoms with Crippen molar-refractivity contribution in [1.29, 1.82) is 0 Å². The Morgan fingerprint density at radius 2 is 1.82 bits per heavy atom. The Balaban J connectivity index is 1.69. The number of nitrogens with one attached hydrogen (secondary N) is 1. The van der Waals surface area contributed by atoms with Crippen molar-refractivity contribution in [3.8, 4) is 0 Å². The smallest absolute Gasteiger partial charge is 0.312 e. The summed E-state index contributed by atoms with van der Waals surface area (Å²) in [6.45, 7) is 1.08. The molecule has 1 aliphatic heterocycles. The van der Waals surface area contributed by atoms with E-state index < -0.39 is 0 Å². The van der Waals surface area contributed by atoms with Crippen LogP contribution in [0.4, 0.5) is 0 Å². The van der Waals surface area contributed by atoms with Gasteiger partial charge >= 0.3 is 5.97 Å². The van der Waals surface area contributed by atoms with Crippen LogP contribution in [0, 0.1) is 11.3 Å². The van der Waals surface area contributed by atoms with E-state index >= 15 is 0 Å². The minimum absolute atomic E-state index is 0.0431. The summed E-state index contributed by atoms with van der Waals surface area (Å²) >= 11 is 0. The Labute approximate surface area is 133 Å². The molecule has 5 nitrogen and oxygen atoms in total. The molecule has 2 fully saturated rings. The van der Waals surface area contributed by atoms with Gasteiger partial charge < -0.3 is 15.8 Å². The van der Waals surface area contributed by atoms with E-state index in [9.17, 15) is 4.79 Å². The van der Waals surface area contributed by atoms with Crippen LogP contribution in [0.15, 0.2) is 4.99 Å². The van der Waals surface area contributed by atoms with Crippen LogP contribution in [0.25, 0.3) is 0 Å². The van der Waals surface area contributed by atoms with Gasteiger partial charge in [-0.1, -0.05) is 38.5 Å². The van der Waals surface area contributed by atoms with Crippen LogP contribution in [-0.2, 0) is 9.53 Å². The van der Waals surface area contributed by atoms with E-state index in [0.29, 0.717) is 25.0 Å². The van der Waals surface area contributed by atoms with E-state index in [1.165, 1.54) is 51.4 Å². The lowest BCUT2D eigenvalue weighted by atomic mass is 9.61. The summed E-state index contributed by atoms with van der Waals surface area (Å²) in [4.78, 5) is 17.2. The number of carbonyl (C=O) groups is 1. The van der Waals surface area contributed by atoms with Gasteiger partial charge in [0.2, 0.25) is 0 Å². The van der Waals surface area contributed by atoms with Crippen LogP contribution in [0.5, 0.6) is 0 Å². The van der Waals surface area contributed by atoms with Gasteiger partial charge in [-0.05, 0) is 31.6 Å². The lowest BCUT2D eigenvalue weighted by Gasteiger charge is -2.43. The highest BCUT2D eigenvalue weighted by molar-refractivity contribution is 5.79. The first-order chi connectivity index (χ1) is 10.7. The molecule has 1 unspecified atom stereocenters. The average molecular weight is 307 g/mol. The van der Waals surface area contributed by atoms with Gasteiger partial charge in [0, 0.05) is 0 Å². The molecule has 5 heteroatoms. The van der Waals surface area contributed by atoms with Gasteiger partial charge in [0.1, 0.15) is 6.10 Å². The number of nitrogens with zero attached hydrogens (tertiary/aromatic N) is 1. The van der Waals surface area contributed by atoms with Crippen molar-refractivity contribution in [3.05, 3.63) is 0 Å². The summed E-state index contributed by atoms with van der Waals surface area (Å²) < 4.78 is 5.87. The Bertz CT molecular complexity index is 424.